The summed E-state index contributed by atoms with van der Waals surface area (Å²) in [6.45, 7) is 0. The molecule has 2 aromatic heterocycles. The molecule has 0 unspecified atom stereocenters. The van der Waals surface area contributed by atoms with Gasteiger partial charge in [0.25, 0.3) is 0 Å². The van der Waals surface area contributed by atoms with Gasteiger partial charge in [-0.05, 0) is 29.8 Å². The molecule has 0 spiro atoms. The normalized spacial score (nSPS) is 10.9. The van der Waals surface area contributed by atoms with Gasteiger partial charge in [0, 0.05) is 22.3 Å². The second kappa shape index (κ2) is 7.09. The summed E-state index contributed by atoms with van der Waals surface area (Å²) in [7, 11) is 0. The van der Waals surface area contributed by atoms with Crippen molar-refractivity contribution in [2.75, 3.05) is 5.32 Å². The van der Waals surface area contributed by atoms with Crippen molar-refractivity contribution in [1.29, 1.82) is 0 Å². The van der Waals surface area contributed by atoms with Crippen molar-refractivity contribution in [3.8, 4) is 5.82 Å². The lowest BCUT2D eigenvalue weighted by Gasteiger charge is -2.08. The van der Waals surface area contributed by atoms with E-state index in [-0.39, 0.29) is 6.42 Å². The lowest BCUT2D eigenvalue weighted by molar-refractivity contribution is -0.136. The van der Waals surface area contributed by atoms with Crippen LogP contribution >= 0.6 is 11.6 Å². The highest BCUT2D eigenvalue weighted by molar-refractivity contribution is 6.30. The number of fused-ring (bicyclic) bond motifs is 1. The van der Waals surface area contributed by atoms with E-state index in [1.54, 1.807) is 30.7 Å². The maximum Gasteiger partial charge on any atom is 0.307 e. The van der Waals surface area contributed by atoms with E-state index in [0.29, 0.717) is 16.7 Å². The Labute approximate surface area is 160 Å². The van der Waals surface area contributed by atoms with Gasteiger partial charge in [0.05, 0.1) is 24.3 Å². The van der Waals surface area contributed by atoms with E-state index in [0.717, 1.165) is 22.2 Å². The number of para-hydroxylation sites is 1. The number of nitrogens with zero attached hydrogens (tertiary/aromatic N) is 3. The van der Waals surface area contributed by atoms with E-state index in [1.165, 1.54) is 0 Å². The van der Waals surface area contributed by atoms with Crippen LogP contribution in [0.4, 0.5) is 11.5 Å². The summed E-state index contributed by atoms with van der Waals surface area (Å²) in [5, 5.41) is 13.9. The number of nitrogens with one attached hydrogen (secondary N) is 1. The van der Waals surface area contributed by atoms with Crippen LogP contribution in [0.5, 0.6) is 0 Å². The lowest BCUT2D eigenvalue weighted by atomic mass is 10.1. The molecule has 0 aliphatic rings. The molecule has 0 fully saturated rings. The van der Waals surface area contributed by atoms with Crippen LogP contribution in [0.1, 0.15) is 5.56 Å². The Morgan fingerprint density at radius 3 is 2.81 bits per heavy atom. The first kappa shape index (κ1) is 17.1. The average molecular weight is 379 g/mol. The van der Waals surface area contributed by atoms with Crippen LogP contribution in [0.15, 0.2) is 67.1 Å². The van der Waals surface area contributed by atoms with Crippen molar-refractivity contribution < 1.29 is 9.90 Å². The summed E-state index contributed by atoms with van der Waals surface area (Å²) >= 11 is 6.02. The molecular weight excluding hydrogens is 364 g/mol. The first-order valence-electron chi connectivity index (χ1n) is 8.26. The molecule has 4 aromatic rings. The number of hydrogen-bond acceptors (Lipinski definition) is 4. The van der Waals surface area contributed by atoms with Crippen LogP contribution in [0, 0.1) is 0 Å². The minimum atomic E-state index is -0.875. The Hall–Kier alpha value is -3.38. The van der Waals surface area contributed by atoms with Crippen LogP contribution < -0.4 is 5.32 Å². The van der Waals surface area contributed by atoms with Gasteiger partial charge in [-0.2, -0.15) is 0 Å². The summed E-state index contributed by atoms with van der Waals surface area (Å²) < 4.78 is 1.85. The van der Waals surface area contributed by atoms with Gasteiger partial charge in [0.15, 0.2) is 11.6 Å². The molecule has 0 radical (unpaired) electrons. The highest BCUT2D eigenvalue weighted by atomic mass is 35.5. The molecule has 27 heavy (non-hydrogen) atoms. The van der Waals surface area contributed by atoms with Crippen molar-refractivity contribution in [2.24, 2.45) is 0 Å². The molecule has 2 aromatic carbocycles. The molecule has 2 heterocycles. The number of benzene rings is 2. The summed E-state index contributed by atoms with van der Waals surface area (Å²) in [5.41, 5.74) is 2.41. The second-order valence-electron chi connectivity index (χ2n) is 6.01. The molecule has 0 aliphatic heterocycles. The number of anilines is 2. The molecule has 0 amide bonds. The Kier molecular flexibility index (Phi) is 4.48. The number of aliphatic carboxylic acids is 1. The summed E-state index contributed by atoms with van der Waals surface area (Å²) in [5.74, 6) is 0.280. The summed E-state index contributed by atoms with van der Waals surface area (Å²) in [6, 6.07) is 15.0. The second-order valence-corrected chi connectivity index (χ2v) is 6.45. The van der Waals surface area contributed by atoms with Gasteiger partial charge in [-0.15, -0.1) is 0 Å². The van der Waals surface area contributed by atoms with E-state index >= 15 is 0 Å². The standard InChI is InChI=1S/C20H15ClN4O2/c21-14-4-3-5-15(9-14)23-18-10-22-11-19(24-18)25-12-13(8-20(26)27)16-6-1-2-7-17(16)25/h1-7,9-12H,8H2,(H,23,24)(H,26,27). The minimum absolute atomic E-state index is 0.0542. The van der Waals surface area contributed by atoms with Crippen molar-refractivity contribution in [1.82, 2.24) is 14.5 Å². The average Bonchev–Trinajstić information content (AvgIpc) is 3.00. The first-order chi connectivity index (χ1) is 13.1. The number of carboxylic acids is 1. The van der Waals surface area contributed by atoms with Gasteiger partial charge in [-0.25, -0.2) is 4.98 Å². The molecule has 6 nitrogen and oxygen atoms in total. The zero-order chi connectivity index (χ0) is 18.8. The topological polar surface area (TPSA) is 80.0 Å². The fourth-order valence-corrected chi connectivity index (χ4v) is 3.18. The quantitative estimate of drug-likeness (QED) is 0.536. The van der Waals surface area contributed by atoms with E-state index in [9.17, 15) is 9.90 Å². The first-order valence-corrected chi connectivity index (χ1v) is 8.64. The number of aromatic nitrogens is 3. The Morgan fingerprint density at radius 2 is 2.00 bits per heavy atom. The number of carbonyl (C=O) groups is 1. The molecule has 134 valence electrons. The SMILES string of the molecule is O=C(O)Cc1cn(-c2cncc(Nc3cccc(Cl)c3)n2)c2ccccc12. The molecule has 2 N–H and O–H groups in total. The van der Waals surface area contributed by atoms with E-state index in [2.05, 4.69) is 15.3 Å². The Balaban J connectivity index is 1.75. The number of carboxylic acid groups (broad SMARTS) is 1. The van der Waals surface area contributed by atoms with Gasteiger partial charge in [0.2, 0.25) is 0 Å². The number of rotatable bonds is 5. The lowest BCUT2D eigenvalue weighted by Crippen LogP contribution is -2.02. The molecule has 0 atom stereocenters. The van der Waals surface area contributed by atoms with Crippen LogP contribution in [0.25, 0.3) is 16.7 Å². The molecule has 0 aliphatic carbocycles. The molecular formula is C20H15ClN4O2. The highest BCUT2D eigenvalue weighted by Gasteiger charge is 2.13. The third-order valence-corrected chi connectivity index (χ3v) is 4.34. The highest BCUT2D eigenvalue weighted by Crippen LogP contribution is 2.25. The van der Waals surface area contributed by atoms with Crippen LogP contribution in [-0.2, 0) is 11.2 Å². The zero-order valence-electron chi connectivity index (χ0n) is 14.1. The maximum absolute atomic E-state index is 11.2. The van der Waals surface area contributed by atoms with Crippen molar-refractivity contribution >= 4 is 40.0 Å². The summed E-state index contributed by atoms with van der Waals surface area (Å²) in [4.78, 5) is 20.1. The van der Waals surface area contributed by atoms with Crippen molar-refractivity contribution in [3.05, 3.63) is 77.7 Å². The van der Waals surface area contributed by atoms with Crippen LogP contribution in [-0.4, -0.2) is 25.6 Å². The third kappa shape index (κ3) is 3.61. The molecule has 0 saturated carbocycles. The number of hydrogen-bond donors (Lipinski definition) is 2. The monoisotopic (exact) mass is 378 g/mol. The summed E-state index contributed by atoms with van der Waals surface area (Å²) in [6.07, 6.45) is 5.00. The van der Waals surface area contributed by atoms with E-state index in [1.807, 2.05) is 41.0 Å². The van der Waals surface area contributed by atoms with E-state index < -0.39 is 5.97 Å². The molecule has 0 saturated heterocycles. The van der Waals surface area contributed by atoms with Crippen LogP contribution in [0.2, 0.25) is 5.02 Å². The van der Waals surface area contributed by atoms with Crippen LogP contribution in [0.3, 0.4) is 0 Å². The third-order valence-electron chi connectivity index (χ3n) is 4.10. The zero-order valence-corrected chi connectivity index (χ0v) is 14.9. The predicted molar refractivity (Wildman–Crippen MR) is 105 cm³/mol. The smallest absolute Gasteiger partial charge is 0.307 e. The van der Waals surface area contributed by atoms with Crippen molar-refractivity contribution in [3.63, 3.8) is 0 Å². The van der Waals surface area contributed by atoms with Gasteiger partial charge in [0.1, 0.15) is 0 Å². The predicted octanol–water partition coefficient (Wildman–Crippen LogP) is 4.44. The molecule has 0 bridgehead atoms. The minimum Gasteiger partial charge on any atom is -0.481 e. The van der Waals surface area contributed by atoms with Gasteiger partial charge < -0.3 is 10.4 Å². The fraction of sp³-hybridized carbons (Fsp3) is 0.0500. The Bertz CT molecular complexity index is 1140. The Morgan fingerprint density at radius 1 is 1.15 bits per heavy atom. The molecule has 4 rings (SSSR count). The van der Waals surface area contributed by atoms with Gasteiger partial charge in [-0.3, -0.25) is 14.3 Å². The van der Waals surface area contributed by atoms with Crippen molar-refractivity contribution in [2.45, 2.75) is 6.42 Å². The van der Waals surface area contributed by atoms with Gasteiger partial charge in [-0.1, -0.05) is 35.9 Å². The maximum atomic E-state index is 11.2. The number of halogens is 1. The van der Waals surface area contributed by atoms with Gasteiger partial charge >= 0.3 is 5.97 Å². The fourth-order valence-electron chi connectivity index (χ4n) is 2.99. The van der Waals surface area contributed by atoms with E-state index in [4.69, 9.17) is 11.6 Å². The largest absolute Gasteiger partial charge is 0.481 e. The molecule has 7 heteroatoms.